The summed E-state index contributed by atoms with van der Waals surface area (Å²) in [7, 11) is 2.96. The molecule has 2 aromatic carbocycles. The fourth-order valence-electron chi connectivity index (χ4n) is 4.82. The fourth-order valence-corrected chi connectivity index (χ4v) is 4.82. The second-order valence-corrected chi connectivity index (χ2v) is 10.8. The molecule has 0 fully saturated rings. The lowest BCUT2D eigenvalue weighted by Gasteiger charge is -2.40. The van der Waals surface area contributed by atoms with E-state index in [0.29, 0.717) is 17.1 Å². The van der Waals surface area contributed by atoms with Gasteiger partial charge in [0, 0.05) is 25.1 Å². The van der Waals surface area contributed by atoms with Crippen LogP contribution in [0.4, 0.5) is 0 Å². The van der Waals surface area contributed by atoms with Crippen LogP contribution < -0.4 is 14.8 Å². The predicted molar refractivity (Wildman–Crippen MR) is 159 cm³/mol. The van der Waals surface area contributed by atoms with Gasteiger partial charge in [0.2, 0.25) is 11.8 Å². The first-order valence-corrected chi connectivity index (χ1v) is 14.0. The number of ketones is 1. The van der Waals surface area contributed by atoms with E-state index in [4.69, 9.17) is 14.2 Å². The van der Waals surface area contributed by atoms with Crippen LogP contribution in [0.15, 0.2) is 54.7 Å². The number of rotatable bonds is 12. The molecule has 3 amide bonds. The van der Waals surface area contributed by atoms with E-state index in [-0.39, 0.29) is 23.9 Å². The number of carbonyl (C=O) groups is 5. The van der Waals surface area contributed by atoms with E-state index in [9.17, 15) is 24.0 Å². The molecule has 1 aliphatic heterocycles. The van der Waals surface area contributed by atoms with Crippen LogP contribution in [0.1, 0.15) is 45.7 Å². The molecule has 11 heteroatoms. The Balaban J connectivity index is 2.00. The van der Waals surface area contributed by atoms with Gasteiger partial charge < -0.3 is 24.4 Å². The van der Waals surface area contributed by atoms with Crippen molar-refractivity contribution < 1.29 is 38.2 Å². The summed E-state index contributed by atoms with van der Waals surface area (Å²) in [5, 5.41) is 2.64. The number of esters is 1. The quantitative estimate of drug-likeness (QED) is 0.294. The van der Waals surface area contributed by atoms with Crippen molar-refractivity contribution in [3.63, 3.8) is 0 Å². The van der Waals surface area contributed by atoms with Crippen LogP contribution in [0, 0.1) is 5.92 Å². The maximum absolute atomic E-state index is 13.9. The zero-order valence-corrected chi connectivity index (χ0v) is 25.6. The second-order valence-electron chi connectivity index (χ2n) is 10.8. The van der Waals surface area contributed by atoms with Gasteiger partial charge in [-0.1, -0.05) is 44.2 Å². The second kappa shape index (κ2) is 14.5. The van der Waals surface area contributed by atoms with Crippen LogP contribution >= 0.6 is 0 Å². The van der Waals surface area contributed by atoms with Crippen molar-refractivity contribution in [2.75, 3.05) is 20.8 Å². The Bertz CT molecular complexity index is 1390. The van der Waals surface area contributed by atoms with Crippen LogP contribution in [0.25, 0.3) is 5.70 Å². The van der Waals surface area contributed by atoms with Gasteiger partial charge in [0.25, 0.3) is 11.7 Å². The summed E-state index contributed by atoms with van der Waals surface area (Å²) in [5.41, 5.74) is 1.48. The van der Waals surface area contributed by atoms with E-state index in [0.717, 1.165) is 5.56 Å². The van der Waals surface area contributed by atoms with Crippen molar-refractivity contribution in [3.8, 4) is 11.5 Å². The molecule has 230 valence electrons. The molecule has 2 aromatic rings. The van der Waals surface area contributed by atoms with Gasteiger partial charge in [-0.05, 0) is 43.5 Å². The minimum Gasteiger partial charge on any atom is -0.493 e. The minimum absolute atomic E-state index is 0.0393. The number of nitrogens with zero attached hydrogens (tertiary/aromatic N) is 2. The third-order valence-corrected chi connectivity index (χ3v) is 6.83. The number of amides is 3. The first-order valence-electron chi connectivity index (χ1n) is 14.0. The lowest BCUT2D eigenvalue weighted by Crippen LogP contribution is -2.57. The number of methoxy groups -OCH3 is 2. The predicted octanol–water partition coefficient (Wildman–Crippen LogP) is 2.97. The highest BCUT2D eigenvalue weighted by Crippen LogP contribution is 2.35. The average molecular weight is 594 g/mol. The summed E-state index contributed by atoms with van der Waals surface area (Å²) in [5.74, 6) is -2.90. The molecule has 0 bridgehead atoms. The zero-order valence-electron chi connectivity index (χ0n) is 25.6. The molecule has 0 aliphatic carbocycles. The number of ether oxygens (including phenoxy) is 3. The number of carbonyl (C=O) groups excluding carboxylic acids is 5. The first-order chi connectivity index (χ1) is 20.4. The van der Waals surface area contributed by atoms with Crippen molar-refractivity contribution in [1.82, 2.24) is 15.1 Å². The van der Waals surface area contributed by atoms with Gasteiger partial charge >= 0.3 is 5.97 Å². The summed E-state index contributed by atoms with van der Waals surface area (Å²) in [6.45, 7) is 7.74. The molecule has 1 N–H and O–H groups in total. The van der Waals surface area contributed by atoms with Gasteiger partial charge in [-0.2, -0.15) is 0 Å². The summed E-state index contributed by atoms with van der Waals surface area (Å²) in [6, 6.07) is 11.8. The zero-order chi connectivity index (χ0) is 31.8. The molecule has 11 nitrogen and oxygen atoms in total. The molecule has 1 unspecified atom stereocenters. The van der Waals surface area contributed by atoms with Crippen molar-refractivity contribution in [2.24, 2.45) is 5.92 Å². The minimum atomic E-state index is -1.23. The summed E-state index contributed by atoms with van der Waals surface area (Å²) >= 11 is 0. The standard InChI is InChI=1S/C32H39N3O8/c1-19(2)29-31(39)35(25(17-34(29)21(5)36)23-13-14-26(41-6)27(16-23)42-7)18-28(37)33-24(15-22-11-9-8-10-12-22)30(38)32(40)43-20(3)4/h8-14,16-17,19-20,24,29H,15,18H2,1-7H3,(H,33,37)/t24-,29?/m0/s1. The Labute approximate surface area is 251 Å². The number of benzene rings is 2. The molecule has 0 saturated heterocycles. The summed E-state index contributed by atoms with van der Waals surface area (Å²) < 4.78 is 15.9. The number of hydrogen-bond donors (Lipinski definition) is 1. The molecule has 43 heavy (non-hydrogen) atoms. The highest BCUT2D eigenvalue weighted by Gasteiger charge is 2.41. The maximum atomic E-state index is 13.9. The van der Waals surface area contributed by atoms with Gasteiger partial charge in [0.1, 0.15) is 18.6 Å². The molecule has 2 atom stereocenters. The third-order valence-electron chi connectivity index (χ3n) is 6.83. The lowest BCUT2D eigenvalue weighted by molar-refractivity contribution is -0.157. The fraction of sp³-hybridized carbons (Fsp3) is 0.406. The topological polar surface area (TPSA) is 132 Å². The third kappa shape index (κ3) is 8.00. The van der Waals surface area contributed by atoms with E-state index in [1.807, 2.05) is 6.07 Å². The Morgan fingerprint density at radius 2 is 1.58 bits per heavy atom. The van der Waals surface area contributed by atoms with E-state index in [1.54, 1.807) is 70.2 Å². The van der Waals surface area contributed by atoms with Gasteiger partial charge in [-0.15, -0.1) is 0 Å². The summed E-state index contributed by atoms with van der Waals surface area (Å²) in [4.78, 5) is 68.4. The molecule has 0 spiro atoms. The highest BCUT2D eigenvalue weighted by molar-refractivity contribution is 6.36. The monoisotopic (exact) mass is 593 g/mol. The molecule has 3 rings (SSSR count). The number of nitrogens with one attached hydrogen (secondary N) is 1. The molecular formula is C32H39N3O8. The normalized spacial score (nSPS) is 15.6. The van der Waals surface area contributed by atoms with Gasteiger partial charge in [0.15, 0.2) is 11.5 Å². The largest absolute Gasteiger partial charge is 0.493 e. The maximum Gasteiger partial charge on any atom is 0.377 e. The van der Waals surface area contributed by atoms with Gasteiger partial charge in [0.05, 0.1) is 26.0 Å². The Hall–Kier alpha value is -4.67. The Kier molecular flexibility index (Phi) is 11.1. The average Bonchev–Trinajstić information content (AvgIpc) is 2.96. The van der Waals surface area contributed by atoms with Crippen LogP contribution in [0.2, 0.25) is 0 Å². The number of Topliss-reactive ketones (excluding diaryl/α,β-unsaturated/α-hetero) is 1. The molecule has 1 aliphatic rings. The van der Waals surface area contributed by atoms with Crippen molar-refractivity contribution >= 4 is 35.2 Å². The molecule has 0 aromatic heterocycles. The van der Waals surface area contributed by atoms with E-state index < -0.39 is 48.3 Å². The van der Waals surface area contributed by atoms with E-state index in [2.05, 4.69) is 5.32 Å². The van der Waals surface area contributed by atoms with Crippen LogP contribution in [-0.2, 0) is 35.1 Å². The lowest BCUT2D eigenvalue weighted by atomic mass is 9.96. The Morgan fingerprint density at radius 1 is 0.930 bits per heavy atom. The van der Waals surface area contributed by atoms with E-state index in [1.165, 1.54) is 37.1 Å². The molecular weight excluding hydrogens is 554 g/mol. The first kappa shape index (κ1) is 32.8. The van der Waals surface area contributed by atoms with Crippen molar-refractivity contribution in [1.29, 1.82) is 0 Å². The molecule has 0 radical (unpaired) electrons. The SMILES string of the molecule is COc1ccc(C2=CN(C(C)=O)C(C(C)C)C(=O)N2CC(=O)N[C@@H](Cc2ccccc2)C(=O)C(=O)OC(C)C)cc1OC. The van der Waals surface area contributed by atoms with Gasteiger partial charge in [-0.3, -0.25) is 24.1 Å². The van der Waals surface area contributed by atoms with Crippen molar-refractivity contribution in [3.05, 3.63) is 65.9 Å². The van der Waals surface area contributed by atoms with Crippen LogP contribution in [-0.4, -0.2) is 78.2 Å². The Morgan fingerprint density at radius 3 is 2.14 bits per heavy atom. The smallest absolute Gasteiger partial charge is 0.377 e. The van der Waals surface area contributed by atoms with Crippen LogP contribution in [0.3, 0.4) is 0 Å². The van der Waals surface area contributed by atoms with Crippen molar-refractivity contribution in [2.45, 2.75) is 59.2 Å². The molecule has 0 saturated carbocycles. The summed E-state index contributed by atoms with van der Waals surface area (Å²) in [6.07, 6.45) is 1.05. The molecule has 1 heterocycles. The van der Waals surface area contributed by atoms with E-state index >= 15 is 0 Å². The van der Waals surface area contributed by atoms with Crippen LogP contribution in [0.5, 0.6) is 11.5 Å². The van der Waals surface area contributed by atoms with Gasteiger partial charge in [-0.25, -0.2) is 4.79 Å². The highest BCUT2D eigenvalue weighted by atomic mass is 16.5. The number of hydrogen-bond acceptors (Lipinski definition) is 8.